The smallest absolute Gasteiger partial charge is 0.0471 e. The molecule has 0 saturated carbocycles. The van der Waals surface area contributed by atoms with Crippen molar-refractivity contribution in [3.05, 3.63) is 35.9 Å². The number of hydrogen-bond acceptors (Lipinski definition) is 2. The van der Waals surface area contributed by atoms with Crippen molar-refractivity contribution in [3.63, 3.8) is 0 Å². The van der Waals surface area contributed by atoms with Gasteiger partial charge in [-0.3, -0.25) is 0 Å². The van der Waals surface area contributed by atoms with Crippen molar-refractivity contribution in [2.45, 2.75) is 12.8 Å². The molecule has 0 unspecified atom stereocenters. The maximum absolute atomic E-state index is 9.04. The van der Waals surface area contributed by atoms with E-state index < -0.39 is 0 Å². The highest BCUT2D eigenvalue weighted by molar-refractivity contribution is 5.14. The molecule has 1 aliphatic heterocycles. The maximum Gasteiger partial charge on any atom is 0.0471 e. The normalized spacial score (nSPS) is 22.1. The van der Waals surface area contributed by atoms with Gasteiger partial charge in [0.05, 0.1) is 0 Å². The summed E-state index contributed by atoms with van der Waals surface area (Å²) in [5.74, 6) is 0.515. The Bertz CT molecular complexity index is 286. The molecule has 1 aliphatic rings. The molecule has 0 aliphatic carbocycles. The summed E-state index contributed by atoms with van der Waals surface area (Å²) in [6, 6.07) is 10.6. The molecule has 0 amide bonds. The molecule has 2 heteroatoms. The summed E-state index contributed by atoms with van der Waals surface area (Å²) in [6.07, 6.45) is 2.28. The Morgan fingerprint density at radius 3 is 2.73 bits per heavy atom. The van der Waals surface area contributed by atoms with Gasteiger partial charge in [-0.2, -0.15) is 0 Å². The minimum Gasteiger partial charge on any atom is -0.396 e. The lowest BCUT2D eigenvalue weighted by Gasteiger charge is -2.15. The minimum atomic E-state index is 0.349. The van der Waals surface area contributed by atoms with E-state index >= 15 is 0 Å². The predicted octanol–water partition coefficient (Wildman–Crippen LogP) is 1.54. The number of aliphatic hydroxyl groups excluding tert-OH is 1. The van der Waals surface area contributed by atoms with Crippen LogP contribution in [0.4, 0.5) is 0 Å². The van der Waals surface area contributed by atoms with Crippen LogP contribution >= 0.6 is 0 Å². The fraction of sp³-hybridized carbons (Fsp3) is 0.538. The van der Waals surface area contributed by atoms with Gasteiger partial charge in [0.2, 0.25) is 0 Å². The zero-order chi connectivity index (χ0) is 10.5. The molecule has 0 aromatic heterocycles. The third kappa shape index (κ3) is 3.05. The summed E-state index contributed by atoms with van der Waals surface area (Å²) in [7, 11) is 0. The van der Waals surface area contributed by atoms with E-state index in [1.807, 2.05) is 0 Å². The average molecular weight is 205 g/mol. The van der Waals surface area contributed by atoms with Crippen molar-refractivity contribution < 1.29 is 5.11 Å². The van der Waals surface area contributed by atoms with Crippen LogP contribution in [-0.2, 0) is 6.42 Å². The van der Waals surface area contributed by atoms with Gasteiger partial charge in [-0.25, -0.2) is 0 Å². The fourth-order valence-electron chi connectivity index (χ4n) is 2.20. The van der Waals surface area contributed by atoms with Gasteiger partial charge in [0.15, 0.2) is 0 Å². The standard InChI is InChI=1S/C13H19NO/c15-11-13-7-9-14(10-13)8-6-12-4-2-1-3-5-12/h1-5,13,15H,6-11H2/t13-/m1/s1. The first kappa shape index (κ1) is 10.7. The summed E-state index contributed by atoms with van der Waals surface area (Å²) < 4.78 is 0. The number of likely N-dealkylation sites (tertiary alicyclic amines) is 1. The van der Waals surface area contributed by atoms with Crippen LogP contribution in [0.5, 0.6) is 0 Å². The molecule has 0 radical (unpaired) electrons. The predicted molar refractivity (Wildman–Crippen MR) is 61.8 cm³/mol. The molecule has 0 bridgehead atoms. The van der Waals surface area contributed by atoms with E-state index in [9.17, 15) is 0 Å². The third-order valence-corrected chi connectivity index (χ3v) is 3.19. The second kappa shape index (κ2) is 5.29. The van der Waals surface area contributed by atoms with E-state index in [1.165, 1.54) is 5.56 Å². The monoisotopic (exact) mass is 205 g/mol. The van der Waals surface area contributed by atoms with Crippen molar-refractivity contribution in [2.75, 3.05) is 26.2 Å². The van der Waals surface area contributed by atoms with E-state index in [4.69, 9.17) is 5.11 Å². The van der Waals surface area contributed by atoms with Crippen LogP contribution in [0, 0.1) is 5.92 Å². The van der Waals surface area contributed by atoms with E-state index in [1.54, 1.807) is 0 Å². The van der Waals surface area contributed by atoms with E-state index in [-0.39, 0.29) is 0 Å². The van der Waals surface area contributed by atoms with Crippen LogP contribution < -0.4 is 0 Å². The summed E-state index contributed by atoms with van der Waals surface area (Å²) >= 11 is 0. The molecule has 1 heterocycles. The lowest BCUT2D eigenvalue weighted by Crippen LogP contribution is -2.24. The van der Waals surface area contributed by atoms with Gasteiger partial charge in [-0.05, 0) is 30.9 Å². The molecule has 1 fully saturated rings. The van der Waals surface area contributed by atoms with Crippen LogP contribution in [0.2, 0.25) is 0 Å². The van der Waals surface area contributed by atoms with Gasteiger partial charge in [-0.15, -0.1) is 0 Å². The van der Waals surface area contributed by atoms with Crippen molar-refractivity contribution in [2.24, 2.45) is 5.92 Å². The van der Waals surface area contributed by atoms with E-state index in [0.717, 1.165) is 32.5 Å². The van der Waals surface area contributed by atoms with Crippen molar-refractivity contribution in [1.82, 2.24) is 4.90 Å². The quantitative estimate of drug-likeness (QED) is 0.806. The number of hydrogen-bond donors (Lipinski definition) is 1. The lowest BCUT2D eigenvalue weighted by molar-refractivity contribution is 0.222. The highest BCUT2D eigenvalue weighted by Crippen LogP contribution is 2.15. The van der Waals surface area contributed by atoms with Gasteiger partial charge in [0.25, 0.3) is 0 Å². The molecular formula is C13H19NO. The van der Waals surface area contributed by atoms with Crippen molar-refractivity contribution >= 4 is 0 Å². The van der Waals surface area contributed by atoms with Crippen LogP contribution in [0.3, 0.4) is 0 Å². The number of aliphatic hydroxyl groups is 1. The van der Waals surface area contributed by atoms with Crippen LogP contribution in [-0.4, -0.2) is 36.2 Å². The molecule has 82 valence electrons. The van der Waals surface area contributed by atoms with Gasteiger partial charge in [-0.1, -0.05) is 30.3 Å². The second-order valence-electron chi connectivity index (χ2n) is 4.37. The first-order valence-corrected chi connectivity index (χ1v) is 5.75. The van der Waals surface area contributed by atoms with Crippen molar-refractivity contribution in [3.8, 4) is 0 Å². The molecule has 2 nitrogen and oxygen atoms in total. The van der Waals surface area contributed by atoms with Crippen LogP contribution in [0.15, 0.2) is 30.3 Å². The highest BCUT2D eigenvalue weighted by Gasteiger charge is 2.20. The third-order valence-electron chi connectivity index (χ3n) is 3.19. The average Bonchev–Trinajstić information content (AvgIpc) is 2.76. The van der Waals surface area contributed by atoms with Crippen LogP contribution in [0.25, 0.3) is 0 Å². The molecule has 1 atom stereocenters. The molecule has 1 saturated heterocycles. The molecule has 2 rings (SSSR count). The summed E-state index contributed by atoms with van der Waals surface area (Å²) in [5.41, 5.74) is 1.41. The Labute approximate surface area is 91.5 Å². The van der Waals surface area contributed by atoms with Crippen LogP contribution in [0.1, 0.15) is 12.0 Å². The SMILES string of the molecule is OC[C@@H]1CCN(CCc2ccccc2)C1. The highest BCUT2D eigenvalue weighted by atomic mass is 16.3. The first-order chi connectivity index (χ1) is 7.38. The zero-order valence-corrected chi connectivity index (χ0v) is 9.10. The minimum absolute atomic E-state index is 0.349. The number of nitrogens with zero attached hydrogens (tertiary/aromatic N) is 1. The molecule has 15 heavy (non-hydrogen) atoms. The molecule has 1 aromatic carbocycles. The number of benzene rings is 1. The fourth-order valence-corrected chi connectivity index (χ4v) is 2.20. The Morgan fingerprint density at radius 2 is 2.07 bits per heavy atom. The molecule has 0 spiro atoms. The van der Waals surface area contributed by atoms with E-state index in [2.05, 4.69) is 35.2 Å². The Hall–Kier alpha value is -0.860. The first-order valence-electron chi connectivity index (χ1n) is 5.75. The van der Waals surface area contributed by atoms with Gasteiger partial charge >= 0.3 is 0 Å². The lowest BCUT2D eigenvalue weighted by atomic mass is 10.1. The Balaban J connectivity index is 1.75. The van der Waals surface area contributed by atoms with E-state index in [0.29, 0.717) is 12.5 Å². The summed E-state index contributed by atoms with van der Waals surface area (Å²) in [5, 5.41) is 9.04. The summed E-state index contributed by atoms with van der Waals surface area (Å²) in [6.45, 7) is 3.70. The van der Waals surface area contributed by atoms with Gasteiger partial charge < -0.3 is 10.0 Å². The Morgan fingerprint density at radius 1 is 1.27 bits per heavy atom. The molecular weight excluding hydrogens is 186 g/mol. The maximum atomic E-state index is 9.04. The zero-order valence-electron chi connectivity index (χ0n) is 9.10. The van der Waals surface area contributed by atoms with Gasteiger partial charge in [0.1, 0.15) is 0 Å². The van der Waals surface area contributed by atoms with Gasteiger partial charge in [0, 0.05) is 19.7 Å². The Kier molecular flexibility index (Phi) is 3.75. The molecule has 1 aromatic rings. The second-order valence-corrected chi connectivity index (χ2v) is 4.37. The largest absolute Gasteiger partial charge is 0.396 e. The molecule has 1 N–H and O–H groups in total. The topological polar surface area (TPSA) is 23.5 Å². The summed E-state index contributed by atoms with van der Waals surface area (Å²) in [4.78, 5) is 2.45. The number of rotatable bonds is 4. The van der Waals surface area contributed by atoms with Crippen molar-refractivity contribution in [1.29, 1.82) is 0 Å².